The largest absolute Gasteiger partial charge is 0.236 e. The van der Waals surface area contributed by atoms with Crippen LogP contribution in [0.3, 0.4) is 0 Å². The highest BCUT2D eigenvalue weighted by Crippen LogP contribution is 2.28. The number of nitrogens with zero attached hydrogens (tertiary/aromatic N) is 1. The predicted octanol–water partition coefficient (Wildman–Crippen LogP) is 6.57. The standard InChI is InChI=1S/C17H9Cl2F2NS/c18-11-6-4-10(12(19)8-11)5-7-16-22-15(9-23-16)17-13(20)2-1-3-14(17)21/h1-9H. The molecular formula is C17H9Cl2F2NS. The molecule has 23 heavy (non-hydrogen) atoms. The monoisotopic (exact) mass is 367 g/mol. The van der Waals surface area contributed by atoms with E-state index in [2.05, 4.69) is 4.98 Å². The lowest BCUT2D eigenvalue weighted by Crippen LogP contribution is -1.89. The normalized spacial score (nSPS) is 11.3. The van der Waals surface area contributed by atoms with Crippen LogP contribution in [0.15, 0.2) is 41.8 Å². The van der Waals surface area contributed by atoms with Crippen molar-refractivity contribution in [3.8, 4) is 11.3 Å². The summed E-state index contributed by atoms with van der Waals surface area (Å²) < 4.78 is 27.5. The topological polar surface area (TPSA) is 12.9 Å². The zero-order chi connectivity index (χ0) is 16.4. The van der Waals surface area contributed by atoms with E-state index < -0.39 is 11.6 Å². The zero-order valence-corrected chi connectivity index (χ0v) is 13.9. The van der Waals surface area contributed by atoms with Gasteiger partial charge in [0.05, 0.1) is 11.3 Å². The van der Waals surface area contributed by atoms with Crippen LogP contribution in [0.25, 0.3) is 23.4 Å². The van der Waals surface area contributed by atoms with Gasteiger partial charge in [0.2, 0.25) is 0 Å². The fourth-order valence-electron chi connectivity index (χ4n) is 2.02. The summed E-state index contributed by atoms with van der Waals surface area (Å²) in [5, 5.41) is 3.31. The van der Waals surface area contributed by atoms with Gasteiger partial charge in [-0.25, -0.2) is 13.8 Å². The van der Waals surface area contributed by atoms with Crippen LogP contribution in [0.2, 0.25) is 10.0 Å². The van der Waals surface area contributed by atoms with E-state index in [0.29, 0.717) is 15.1 Å². The molecule has 3 aromatic rings. The average Bonchev–Trinajstić information content (AvgIpc) is 2.95. The number of hydrogen-bond donors (Lipinski definition) is 0. The second-order valence-electron chi connectivity index (χ2n) is 4.67. The minimum atomic E-state index is -0.633. The van der Waals surface area contributed by atoms with E-state index >= 15 is 0 Å². The average molecular weight is 368 g/mol. The Hall–Kier alpha value is -1.75. The molecule has 0 amide bonds. The molecule has 0 N–H and O–H groups in total. The van der Waals surface area contributed by atoms with Gasteiger partial charge >= 0.3 is 0 Å². The van der Waals surface area contributed by atoms with Crippen molar-refractivity contribution >= 4 is 46.7 Å². The maximum Gasteiger partial charge on any atom is 0.135 e. The Morgan fingerprint density at radius 2 is 1.74 bits per heavy atom. The maximum atomic E-state index is 13.8. The van der Waals surface area contributed by atoms with E-state index in [1.54, 1.807) is 35.7 Å². The lowest BCUT2D eigenvalue weighted by molar-refractivity contribution is 0.589. The molecule has 0 aliphatic heterocycles. The third-order valence-electron chi connectivity index (χ3n) is 3.11. The molecule has 0 spiro atoms. The van der Waals surface area contributed by atoms with Crippen molar-refractivity contribution in [1.82, 2.24) is 4.98 Å². The van der Waals surface area contributed by atoms with E-state index in [1.165, 1.54) is 29.5 Å². The van der Waals surface area contributed by atoms with Crippen molar-refractivity contribution in [3.05, 3.63) is 74.0 Å². The van der Waals surface area contributed by atoms with Crippen LogP contribution in [0.1, 0.15) is 10.6 Å². The van der Waals surface area contributed by atoms with Crippen LogP contribution in [0.5, 0.6) is 0 Å². The van der Waals surface area contributed by atoms with Crippen molar-refractivity contribution in [2.45, 2.75) is 0 Å². The summed E-state index contributed by atoms with van der Waals surface area (Å²) in [4.78, 5) is 4.25. The lowest BCUT2D eigenvalue weighted by Gasteiger charge is -2.00. The molecule has 6 heteroatoms. The highest BCUT2D eigenvalue weighted by atomic mass is 35.5. The molecule has 0 unspecified atom stereocenters. The van der Waals surface area contributed by atoms with E-state index in [9.17, 15) is 8.78 Å². The number of benzene rings is 2. The van der Waals surface area contributed by atoms with Crippen molar-refractivity contribution in [2.75, 3.05) is 0 Å². The third-order valence-corrected chi connectivity index (χ3v) is 4.48. The number of aromatic nitrogens is 1. The van der Waals surface area contributed by atoms with E-state index in [1.807, 2.05) is 0 Å². The molecule has 116 valence electrons. The molecule has 3 rings (SSSR count). The van der Waals surface area contributed by atoms with Gasteiger partial charge in [-0.1, -0.05) is 41.4 Å². The second kappa shape index (κ2) is 6.79. The van der Waals surface area contributed by atoms with Gasteiger partial charge in [-0.2, -0.15) is 0 Å². The van der Waals surface area contributed by atoms with Crippen LogP contribution in [-0.4, -0.2) is 4.98 Å². The first-order valence-corrected chi connectivity index (χ1v) is 8.21. The van der Waals surface area contributed by atoms with E-state index in [4.69, 9.17) is 23.2 Å². The molecular weight excluding hydrogens is 359 g/mol. The highest BCUT2D eigenvalue weighted by Gasteiger charge is 2.13. The van der Waals surface area contributed by atoms with Gasteiger partial charge in [0.15, 0.2) is 0 Å². The molecule has 0 saturated carbocycles. The Morgan fingerprint density at radius 3 is 2.43 bits per heavy atom. The minimum absolute atomic E-state index is 0.118. The predicted molar refractivity (Wildman–Crippen MR) is 92.9 cm³/mol. The number of halogens is 4. The van der Waals surface area contributed by atoms with Crippen molar-refractivity contribution in [1.29, 1.82) is 0 Å². The van der Waals surface area contributed by atoms with E-state index in [0.717, 1.165) is 5.56 Å². The van der Waals surface area contributed by atoms with Crippen molar-refractivity contribution < 1.29 is 8.78 Å². The van der Waals surface area contributed by atoms with Crippen LogP contribution in [-0.2, 0) is 0 Å². The smallest absolute Gasteiger partial charge is 0.135 e. The van der Waals surface area contributed by atoms with Crippen LogP contribution in [0.4, 0.5) is 8.78 Å². The fraction of sp³-hybridized carbons (Fsp3) is 0. The molecule has 0 radical (unpaired) electrons. The van der Waals surface area contributed by atoms with Crippen LogP contribution in [0, 0.1) is 11.6 Å². The summed E-state index contributed by atoms with van der Waals surface area (Å²) in [6.07, 6.45) is 3.51. The van der Waals surface area contributed by atoms with Crippen molar-refractivity contribution in [2.24, 2.45) is 0 Å². The van der Waals surface area contributed by atoms with Gasteiger partial charge in [0, 0.05) is 15.4 Å². The number of hydrogen-bond acceptors (Lipinski definition) is 2. The van der Waals surface area contributed by atoms with Gasteiger partial charge in [0.25, 0.3) is 0 Å². The Labute approximate surface area is 145 Å². The van der Waals surface area contributed by atoms with Gasteiger partial charge in [0.1, 0.15) is 16.6 Å². The molecule has 2 aromatic carbocycles. The van der Waals surface area contributed by atoms with Gasteiger partial charge in [-0.05, 0) is 35.9 Å². The first-order valence-electron chi connectivity index (χ1n) is 6.57. The maximum absolute atomic E-state index is 13.8. The molecule has 1 heterocycles. The Balaban J connectivity index is 1.89. The summed E-state index contributed by atoms with van der Waals surface area (Å²) in [7, 11) is 0. The summed E-state index contributed by atoms with van der Waals surface area (Å²) in [5.74, 6) is -1.27. The molecule has 0 aliphatic carbocycles. The van der Waals surface area contributed by atoms with Crippen molar-refractivity contribution in [3.63, 3.8) is 0 Å². The van der Waals surface area contributed by atoms with E-state index in [-0.39, 0.29) is 11.3 Å². The number of thiazole rings is 1. The molecule has 0 aliphatic rings. The molecule has 1 aromatic heterocycles. The lowest BCUT2D eigenvalue weighted by atomic mass is 10.1. The second-order valence-corrected chi connectivity index (χ2v) is 6.40. The molecule has 0 bridgehead atoms. The zero-order valence-electron chi connectivity index (χ0n) is 11.6. The summed E-state index contributed by atoms with van der Waals surface area (Å²) in [6.45, 7) is 0. The third kappa shape index (κ3) is 3.61. The van der Waals surface area contributed by atoms with Crippen LogP contribution >= 0.6 is 34.5 Å². The first-order chi connectivity index (χ1) is 11.0. The first kappa shape index (κ1) is 16.1. The fourth-order valence-corrected chi connectivity index (χ4v) is 3.19. The minimum Gasteiger partial charge on any atom is -0.236 e. The Morgan fingerprint density at radius 1 is 1.00 bits per heavy atom. The Kier molecular flexibility index (Phi) is 4.76. The Bertz CT molecular complexity index is 870. The van der Waals surface area contributed by atoms with Gasteiger partial charge in [-0.3, -0.25) is 0 Å². The summed E-state index contributed by atoms with van der Waals surface area (Å²) in [6, 6.07) is 8.90. The molecule has 0 atom stereocenters. The van der Waals surface area contributed by atoms with Gasteiger partial charge in [-0.15, -0.1) is 11.3 Å². The molecule has 0 saturated heterocycles. The summed E-state index contributed by atoms with van der Waals surface area (Å²) in [5.41, 5.74) is 0.935. The van der Waals surface area contributed by atoms with Gasteiger partial charge < -0.3 is 0 Å². The molecule has 0 fully saturated rings. The highest BCUT2D eigenvalue weighted by molar-refractivity contribution is 7.10. The summed E-state index contributed by atoms with van der Waals surface area (Å²) >= 11 is 13.2. The van der Waals surface area contributed by atoms with Crippen LogP contribution < -0.4 is 0 Å². The molecule has 1 nitrogen and oxygen atoms in total. The number of rotatable bonds is 3. The SMILES string of the molecule is Fc1cccc(F)c1-c1csc(C=Cc2ccc(Cl)cc2Cl)n1. The quantitative estimate of drug-likeness (QED) is 0.510.